The number of imide groups is 2. The molecule has 2 saturated heterocycles. The maximum atomic E-state index is 14.1. The molecule has 5 aliphatic rings. The van der Waals surface area contributed by atoms with Gasteiger partial charge in [0, 0.05) is 166 Å². The van der Waals surface area contributed by atoms with E-state index in [9.17, 15) is 38.2 Å². The fourth-order valence-electron chi connectivity index (χ4n) is 10.1. The van der Waals surface area contributed by atoms with E-state index in [0.29, 0.717) is 85.8 Å². The first-order valence-corrected chi connectivity index (χ1v) is 37.5. The first kappa shape index (κ1) is 83.0. The number of fused-ring (bicyclic) bond motifs is 4. The van der Waals surface area contributed by atoms with Crippen LogP contribution >= 0.6 is 16.0 Å². The molecule has 2 fully saturated rings. The molecule has 6 heterocycles. The van der Waals surface area contributed by atoms with Crippen LogP contribution in [0.3, 0.4) is 0 Å². The van der Waals surface area contributed by atoms with Gasteiger partial charge in [0.25, 0.3) is 5.91 Å². The van der Waals surface area contributed by atoms with Crippen molar-refractivity contribution in [1.82, 2.24) is 19.8 Å². The molecule has 0 spiro atoms. The normalized spacial score (nSPS) is 19.2. The second kappa shape index (κ2) is 40.8. The molecule has 6 atom stereocenters. The number of hydrogen-bond donors (Lipinski definition) is 2. The van der Waals surface area contributed by atoms with Gasteiger partial charge in [-0.3, -0.25) is 42.8 Å². The van der Waals surface area contributed by atoms with E-state index in [1.807, 2.05) is 18.2 Å². The number of halogens is 2. The predicted molar refractivity (Wildman–Crippen MR) is 327 cm³/mol. The summed E-state index contributed by atoms with van der Waals surface area (Å²) in [5.41, 5.74) is 4.97. The molecule has 2 radical (unpaired) electrons. The summed E-state index contributed by atoms with van der Waals surface area (Å²) in [5.74, 6) is -4.09. The summed E-state index contributed by atoms with van der Waals surface area (Å²) in [6.07, 6.45) is 4.95. The van der Waals surface area contributed by atoms with Crippen LogP contribution < -0.4 is 9.47 Å². The number of rotatable bonds is 17. The molecule has 3 aliphatic heterocycles. The Bertz CT molecular complexity index is 3080. The maximum Gasteiger partial charge on any atom is 2.00 e. The first-order valence-electron chi connectivity index (χ1n) is 26.8. The van der Waals surface area contributed by atoms with Crippen LogP contribution in [0.4, 0.5) is 8.78 Å². The largest absolute Gasteiger partial charge is 2.00 e. The van der Waals surface area contributed by atoms with Gasteiger partial charge in [0.1, 0.15) is 19.5 Å². The molecule has 88 heavy (non-hydrogen) atoms. The van der Waals surface area contributed by atoms with Crippen molar-refractivity contribution < 1.29 is 136 Å². The Kier molecular flexibility index (Phi) is 38.5. The van der Waals surface area contributed by atoms with E-state index < -0.39 is 63.9 Å². The van der Waals surface area contributed by atoms with Crippen LogP contribution in [0.1, 0.15) is 71.6 Å². The summed E-state index contributed by atoms with van der Waals surface area (Å²) < 4.78 is 71.6. The number of carbonyl (C=O) groups is 4. The van der Waals surface area contributed by atoms with Crippen LogP contribution in [0.2, 0.25) is 51.4 Å². The average molecular weight is 1440 g/mol. The number of aliphatic hydroxyl groups excluding tert-OH is 2. The Hall–Kier alpha value is -3.04. The molecule has 31 heteroatoms. The van der Waals surface area contributed by atoms with Crippen molar-refractivity contribution in [2.45, 2.75) is 95.2 Å². The summed E-state index contributed by atoms with van der Waals surface area (Å²) in [6.45, 7) is 20.9. The van der Waals surface area contributed by atoms with E-state index in [-0.39, 0.29) is 137 Å². The van der Waals surface area contributed by atoms with Gasteiger partial charge in [-0.2, -0.15) is 10.5 Å². The molecule has 0 bridgehead atoms. The van der Waals surface area contributed by atoms with E-state index in [1.54, 1.807) is 18.2 Å². The van der Waals surface area contributed by atoms with Crippen molar-refractivity contribution in [3.8, 4) is 11.5 Å². The smallest absolute Gasteiger partial charge is 0.512 e. The van der Waals surface area contributed by atoms with Gasteiger partial charge in [0.05, 0.1) is 24.7 Å². The molecule has 470 valence electrons. The summed E-state index contributed by atoms with van der Waals surface area (Å²) >= 11 is 7.78. The number of likely N-dealkylation sites (tertiary alicyclic amines) is 2. The molecular formula is C57H70CuF2LiN5O14P2S2Si2Ti2+. The van der Waals surface area contributed by atoms with E-state index in [1.165, 1.54) is 46.9 Å². The van der Waals surface area contributed by atoms with Gasteiger partial charge in [-0.25, -0.2) is 21.5 Å². The zero-order valence-electron chi connectivity index (χ0n) is 49.9. The number of benzene rings is 2. The van der Waals surface area contributed by atoms with Crippen molar-refractivity contribution >= 4 is 116 Å². The van der Waals surface area contributed by atoms with Gasteiger partial charge in [0.15, 0.2) is 11.5 Å². The summed E-state index contributed by atoms with van der Waals surface area (Å²) in [4.78, 5) is 61.8. The zero-order chi connectivity index (χ0) is 61.7. The Morgan fingerprint density at radius 1 is 0.807 bits per heavy atom. The number of amides is 4. The summed E-state index contributed by atoms with van der Waals surface area (Å²) in [7, 11) is 2.58. The van der Waals surface area contributed by atoms with Gasteiger partial charge < -0.3 is 50.5 Å². The number of aromatic nitrogens is 2. The summed E-state index contributed by atoms with van der Waals surface area (Å²) in [6, 6.07) is 17.3. The number of hydrogen-bond acceptors (Lipinski definition) is 18. The van der Waals surface area contributed by atoms with E-state index in [2.05, 4.69) is 95.0 Å². The topological polar surface area (TPSA) is 245 Å². The maximum absolute atomic E-state index is 14.1. The van der Waals surface area contributed by atoms with Gasteiger partial charge >= 0.3 is 34.7 Å². The second-order valence-corrected chi connectivity index (χ2v) is 33.4. The quantitative estimate of drug-likeness (QED) is 0.0129. The summed E-state index contributed by atoms with van der Waals surface area (Å²) in [5, 5.41) is 27.2. The van der Waals surface area contributed by atoms with Crippen LogP contribution in [0.15, 0.2) is 81.8 Å². The fraction of sp³-hybridized carbons (Fsp3) is 0.474. The van der Waals surface area contributed by atoms with Crippen molar-refractivity contribution in [2.75, 3.05) is 59.9 Å². The number of carbonyl (C=O) groups excluding carboxylic acids is 4. The van der Waals surface area contributed by atoms with Gasteiger partial charge in [-0.05, 0) is 93.1 Å². The van der Waals surface area contributed by atoms with Crippen LogP contribution in [0.25, 0.3) is 17.2 Å². The Morgan fingerprint density at radius 2 is 1.38 bits per heavy atom. The molecule has 5 aromatic rings. The van der Waals surface area contributed by atoms with Gasteiger partial charge in [0.2, 0.25) is 30.5 Å². The Balaban J connectivity index is 0.000000714. The molecule has 2 N–H and O–H groups in total. The average Bonchev–Trinajstić information content (AvgIpc) is 1.02. The van der Waals surface area contributed by atoms with Crippen molar-refractivity contribution in [1.29, 1.82) is 5.26 Å². The minimum atomic E-state index is -1.30. The van der Waals surface area contributed by atoms with E-state index in [0.717, 1.165) is 34.3 Å². The molecule has 0 unspecified atom stereocenters. The number of pyridine rings is 2. The second-order valence-electron chi connectivity index (χ2n) is 22.1. The molecule has 3 aromatic heterocycles. The standard InChI is InChI=1S/C28H35FN2O7Si.C23H30NO7Si.C5H3FN.CN.Cu.Li.2HPS.2Ti/c1-39(2,3)10-9-35-15-38-27-19-12-22-21(36-16-37-22)11-18(19)25(17-6-7-23(29)30-13-17)26(20(27)14-32)28(34)31-8-4-5-24(31)33;1-32(2,3)8-7-28-13-31-22-16-11-20-19(29-14-30-20)10-15(16)9-17(18(22)12-25)23(27)24-6-4-5-21(24)26;6-5-3-1-2-4-7-5;1-2;;;2*1-2;;/h6-7,11-13,20,25-27,32H,4-5,8-10,14-16H2,1-3H3;9-11,14,18,22,25H,4-8,12-13H2,1-3H3;1,3-4H;;;;2*1H;;/q;+1;2*-1;+2;;;;;/t20-,25+,26+,27-;18-,22-;;;;;;;;/m00......../s1. The third-order valence-corrected chi connectivity index (χ3v) is 17.7. The molecular weight excluding hydrogens is 1370 g/mol. The van der Waals surface area contributed by atoms with E-state index in [4.69, 9.17) is 49.1 Å². The third-order valence-electron chi connectivity index (χ3n) is 14.3. The molecule has 4 amide bonds. The Morgan fingerprint density at radius 3 is 1.86 bits per heavy atom. The molecule has 19 nitrogen and oxygen atoms in total. The van der Waals surface area contributed by atoms with Crippen LogP contribution in [-0.4, -0.2) is 149 Å². The molecule has 2 aliphatic carbocycles. The molecule has 0 saturated carbocycles. The van der Waals surface area contributed by atoms with Gasteiger partial charge in [-0.15, -0.1) is 0 Å². The SMILES string of the molecule is C[Si](C)(C)CCOCO[C@H]1c2cc3c(cc2[C@@H](c2ccc(F)nc2)[C@H](C(=O)N2CCCC2=O)[C@@H]1CO)OCO3.C[Si](C)(C)CCOCO[C@H]1c2cc3oc[o+]c3cc2C=C(C(=O)N2CCCC2=O)[C@@H]1CO.Fc1cc[c-]cn1.P=S.P=S.[C-]#N.[Cu+2].[Li].[Ti].[Ti]. The number of nitrogens with zero attached hydrogens (tertiary/aromatic N) is 5. The monoisotopic (exact) mass is 1430 g/mol. The van der Waals surface area contributed by atoms with Gasteiger partial charge in [-0.1, -0.05) is 75.2 Å². The zero-order valence-corrected chi connectivity index (χ0v) is 59.6. The minimum absolute atomic E-state index is 0. The van der Waals surface area contributed by atoms with E-state index >= 15 is 0 Å². The van der Waals surface area contributed by atoms with Crippen LogP contribution in [0.5, 0.6) is 11.5 Å². The fourth-order valence-corrected chi connectivity index (χ4v) is 11.6. The van der Waals surface area contributed by atoms with Crippen LogP contribution in [0, 0.1) is 47.5 Å². The third kappa shape index (κ3) is 22.6. The van der Waals surface area contributed by atoms with Crippen molar-refractivity contribution in [3.05, 3.63) is 125 Å². The van der Waals surface area contributed by atoms with Crippen molar-refractivity contribution in [2.24, 2.45) is 17.8 Å². The number of aliphatic hydroxyl groups is 2. The van der Waals surface area contributed by atoms with Crippen molar-refractivity contribution in [3.63, 3.8) is 0 Å². The predicted octanol–water partition coefficient (Wildman–Crippen LogP) is 9.58. The first-order chi connectivity index (χ1) is 40.3. The molecule has 10 rings (SSSR count). The number of ether oxygens (including phenoxy) is 6. The minimum Gasteiger partial charge on any atom is -0.512 e. The molecule has 2 aromatic carbocycles. The van der Waals surface area contributed by atoms with Crippen LogP contribution in [-0.2, 0) is 122 Å². The Labute approximate surface area is 581 Å².